The van der Waals surface area contributed by atoms with Crippen LogP contribution in [0.2, 0.25) is 0 Å². The van der Waals surface area contributed by atoms with Gasteiger partial charge in [-0.3, -0.25) is 4.79 Å². The molecule has 1 aliphatic rings. The van der Waals surface area contributed by atoms with Gasteiger partial charge in [-0.15, -0.1) is 0 Å². The summed E-state index contributed by atoms with van der Waals surface area (Å²) in [6.07, 6.45) is 0.423. The molecule has 1 saturated heterocycles. The van der Waals surface area contributed by atoms with Gasteiger partial charge in [-0.1, -0.05) is 0 Å². The van der Waals surface area contributed by atoms with Gasteiger partial charge in [0.2, 0.25) is 0 Å². The lowest BCUT2D eigenvalue weighted by Crippen LogP contribution is -2.33. The van der Waals surface area contributed by atoms with Crippen LogP contribution in [-0.2, 0) is 14.6 Å². The summed E-state index contributed by atoms with van der Waals surface area (Å²) in [6.45, 7) is 2.87. The molecule has 4 nitrogen and oxygen atoms in total. The van der Waals surface area contributed by atoms with E-state index in [1.807, 2.05) is 6.07 Å². The van der Waals surface area contributed by atoms with E-state index >= 15 is 0 Å². The van der Waals surface area contributed by atoms with Crippen LogP contribution in [0.1, 0.15) is 20.3 Å². The Labute approximate surface area is 83.8 Å². The van der Waals surface area contributed by atoms with Gasteiger partial charge in [-0.2, -0.15) is 5.26 Å². The average Bonchev–Trinajstić information content (AvgIpc) is 2.44. The minimum absolute atomic E-state index is 0.0311. The Hall–Kier alpha value is -0.890. The second kappa shape index (κ2) is 3.35. The smallest absolute Gasteiger partial charge is 0.150 e. The third-order valence-electron chi connectivity index (χ3n) is 3.01. The summed E-state index contributed by atoms with van der Waals surface area (Å²) in [5, 5.41) is 8.92. The zero-order valence-corrected chi connectivity index (χ0v) is 9.10. The molecule has 2 atom stereocenters. The van der Waals surface area contributed by atoms with E-state index < -0.39 is 15.3 Å². The van der Waals surface area contributed by atoms with Crippen LogP contribution in [0.4, 0.5) is 0 Å². The van der Waals surface area contributed by atoms with E-state index in [1.165, 1.54) is 13.8 Å². The molecule has 78 valence electrons. The van der Waals surface area contributed by atoms with Gasteiger partial charge in [-0.25, -0.2) is 8.42 Å². The highest BCUT2D eigenvalue weighted by Crippen LogP contribution is 2.35. The predicted molar refractivity (Wildman–Crippen MR) is 51.2 cm³/mol. The first-order valence-electron chi connectivity index (χ1n) is 4.44. The predicted octanol–water partition coefficient (Wildman–Crippen LogP) is 0.540. The number of sulfone groups is 1. The molecule has 0 aromatic heterocycles. The molecular formula is C9H13NO3S. The van der Waals surface area contributed by atoms with Gasteiger partial charge in [-0.05, 0) is 26.2 Å². The highest BCUT2D eigenvalue weighted by atomic mass is 32.2. The molecule has 0 amide bonds. The van der Waals surface area contributed by atoms with Crippen LogP contribution in [0.15, 0.2) is 0 Å². The van der Waals surface area contributed by atoms with Gasteiger partial charge >= 0.3 is 0 Å². The fourth-order valence-electron chi connectivity index (χ4n) is 1.71. The number of hydrogen-bond acceptors (Lipinski definition) is 4. The van der Waals surface area contributed by atoms with E-state index in [1.54, 1.807) is 0 Å². The highest BCUT2D eigenvalue weighted by molar-refractivity contribution is 7.91. The van der Waals surface area contributed by atoms with E-state index in [9.17, 15) is 13.2 Å². The Morgan fingerprint density at radius 3 is 2.43 bits per heavy atom. The van der Waals surface area contributed by atoms with Crippen molar-refractivity contribution in [2.24, 2.45) is 11.3 Å². The first kappa shape index (κ1) is 11.2. The molecule has 1 aliphatic heterocycles. The third-order valence-corrected chi connectivity index (χ3v) is 4.78. The summed E-state index contributed by atoms with van der Waals surface area (Å²) in [7, 11) is -3.03. The largest absolute Gasteiger partial charge is 0.298 e. The summed E-state index contributed by atoms with van der Waals surface area (Å²) in [4.78, 5) is 11.3. The molecular weight excluding hydrogens is 202 g/mol. The molecule has 0 radical (unpaired) electrons. The SMILES string of the molecule is CC(=O)C(C)(C#N)C1CCS(=O)(=O)C1. The van der Waals surface area contributed by atoms with Crippen molar-refractivity contribution in [3.63, 3.8) is 0 Å². The van der Waals surface area contributed by atoms with Crippen LogP contribution in [-0.4, -0.2) is 25.7 Å². The topological polar surface area (TPSA) is 75.0 Å². The maximum Gasteiger partial charge on any atom is 0.150 e. The normalized spacial score (nSPS) is 29.1. The molecule has 0 spiro atoms. The maximum atomic E-state index is 11.3. The van der Waals surface area contributed by atoms with Crippen molar-refractivity contribution in [3.05, 3.63) is 0 Å². The lowest BCUT2D eigenvalue weighted by molar-refractivity contribution is -0.124. The standard InChI is InChI=1S/C9H13NO3S/c1-7(11)9(2,6-10)8-3-4-14(12,13)5-8/h8H,3-5H2,1-2H3. The average molecular weight is 215 g/mol. The molecule has 2 unspecified atom stereocenters. The summed E-state index contributed by atoms with van der Waals surface area (Å²) in [5.41, 5.74) is -1.14. The molecule has 0 aromatic carbocycles. The Kier molecular flexibility index (Phi) is 2.68. The second-order valence-electron chi connectivity index (χ2n) is 3.97. The summed E-state index contributed by atoms with van der Waals surface area (Å²) >= 11 is 0. The number of carbonyl (C=O) groups is 1. The van der Waals surface area contributed by atoms with Crippen molar-refractivity contribution in [1.29, 1.82) is 5.26 Å². The van der Waals surface area contributed by atoms with E-state index in [0.29, 0.717) is 6.42 Å². The summed E-state index contributed by atoms with van der Waals surface area (Å²) in [5.74, 6) is -0.518. The number of ketones is 1. The Morgan fingerprint density at radius 2 is 2.14 bits per heavy atom. The Morgan fingerprint density at radius 1 is 1.57 bits per heavy atom. The van der Waals surface area contributed by atoms with E-state index in [-0.39, 0.29) is 23.2 Å². The van der Waals surface area contributed by atoms with Crippen molar-refractivity contribution in [2.45, 2.75) is 20.3 Å². The zero-order valence-electron chi connectivity index (χ0n) is 8.28. The number of nitriles is 1. The third kappa shape index (κ3) is 1.80. The molecule has 14 heavy (non-hydrogen) atoms. The molecule has 0 aromatic rings. The maximum absolute atomic E-state index is 11.3. The van der Waals surface area contributed by atoms with E-state index in [2.05, 4.69) is 0 Å². The number of Topliss-reactive ketones (excluding diaryl/α,β-unsaturated/α-hetero) is 1. The fraction of sp³-hybridized carbons (Fsp3) is 0.778. The van der Waals surface area contributed by atoms with Crippen LogP contribution in [0.25, 0.3) is 0 Å². The van der Waals surface area contributed by atoms with Gasteiger partial charge < -0.3 is 0 Å². The van der Waals surface area contributed by atoms with Gasteiger partial charge in [0, 0.05) is 0 Å². The number of hydrogen-bond donors (Lipinski definition) is 0. The Bertz CT molecular complexity index is 393. The first-order valence-corrected chi connectivity index (χ1v) is 6.26. The van der Waals surface area contributed by atoms with Gasteiger partial charge in [0.1, 0.15) is 11.2 Å². The van der Waals surface area contributed by atoms with E-state index in [4.69, 9.17) is 5.26 Å². The number of rotatable bonds is 2. The summed E-state index contributed by atoms with van der Waals surface area (Å²) < 4.78 is 22.4. The lowest BCUT2D eigenvalue weighted by Gasteiger charge is -2.24. The molecule has 1 heterocycles. The number of nitrogens with zero attached hydrogens (tertiary/aromatic N) is 1. The molecule has 0 N–H and O–H groups in total. The molecule has 0 aliphatic carbocycles. The van der Waals surface area contributed by atoms with Crippen molar-refractivity contribution >= 4 is 15.6 Å². The lowest BCUT2D eigenvalue weighted by atomic mass is 9.75. The van der Waals surface area contributed by atoms with Crippen molar-refractivity contribution < 1.29 is 13.2 Å². The molecule has 1 fully saturated rings. The summed E-state index contributed by atoms with van der Waals surface area (Å²) in [6, 6.07) is 1.94. The van der Waals surface area contributed by atoms with Crippen LogP contribution in [0.3, 0.4) is 0 Å². The van der Waals surface area contributed by atoms with Gasteiger partial charge in [0.25, 0.3) is 0 Å². The second-order valence-corrected chi connectivity index (χ2v) is 6.20. The van der Waals surface area contributed by atoms with Crippen molar-refractivity contribution in [3.8, 4) is 6.07 Å². The molecule has 1 rings (SSSR count). The molecule has 5 heteroatoms. The van der Waals surface area contributed by atoms with Gasteiger partial charge in [0.15, 0.2) is 9.84 Å². The van der Waals surface area contributed by atoms with Gasteiger partial charge in [0.05, 0.1) is 17.6 Å². The van der Waals surface area contributed by atoms with Crippen LogP contribution in [0.5, 0.6) is 0 Å². The quantitative estimate of drug-likeness (QED) is 0.673. The Balaban J connectivity index is 2.96. The van der Waals surface area contributed by atoms with Crippen LogP contribution in [0, 0.1) is 22.7 Å². The monoisotopic (exact) mass is 215 g/mol. The van der Waals surface area contributed by atoms with Crippen LogP contribution >= 0.6 is 0 Å². The molecule has 0 bridgehead atoms. The minimum Gasteiger partial charge on any atom is -0.298 e. The number of carbonyl (C=O) groups excluding carboxylic acids is 1. The van der Waals surface area contributed by atoms with Crippen LogP contribution < -0.4 is 0 Å². The highest BCUT2D eigenvalue weighted by Gasteiger charge is 2.44. The zero-order chi connectivity index (χ0) is 11.0. The van der Waals surface area contributed by atoms with Crippen molar-refractivity contribution in [1.82, 2.24) is 0 Å². The fourth-order valence-corrected chi connectivity index (χ4v) is 3.63. The first-order chi connectivity index (χ1) is 6.32. The van der Waals surface area contributed by atoms with Crippen molar-refractivity contribution in [2.75, 3.05) is 11.5 Å². The molecule has 0 saturated carbocycles. The minimum atomic E-state index is -3.03. The van der Waals surface area contributed by atoms with E-state index in [0.717, 1.165) is 0 Å².